The smallest absolute Gasteiger partial charge is 0.256 e. The molecule has 1 aliphatic rings. The lowest BCUT2D eigenvalue weighted by Gasteiger charge is -2.20. The van der Waals surface area contributed by atoms with Crippen LogP contribution < -0.4 is 10.1 Å². The van der Waals surface area contributed by atoms with E-state index < -0.39 is 5.60 Å². The Morgan fingerprint density at radius 1 is 1.50 bits per heavy atom. The van der Waals surface area contributed by atoms with Crippen molar-refractivity contribution < 1.29 is 14.6 Å². The van der Waals surface area contributed by atoms with Gasteiger partial charge in [-0.1, -0.05) is 0 Å². The van der Waals surface area contributed by atoms with E-state index >= 15 is 0 Å². The molecule has 0 bridgehead atoms. The highest BCUT2D eigenvalue weighted by Gasteiger charge is 2.38. The molecule has 0 saturated heterocycles. The zero-order chi connectivity index (χ0) is 13.0. The Labute approximate surface area is 106 Å². The number of aromatic nitrogens is 1. The summed E-state index contributed by atoms with van der Waals surface area (Å²) in [7, 11) is 0. The lowest BCUT2D eigenvalue weighted by Crippen LogP contribution is -2.40. The van der Waals surface area contributed by atoms with E-state index in [1.165, 1.54) is 6.20 Å². The van der Waals surface area contributed by atoms with Crippen LogP contribution in [0.5, 0.6) is 5.88 Å². The fourth-order valence-corrected chi connectivity index (χ4v) is 2.12. The number of nitrogens with one attached hydrogen (secondary N) is 1. The molecule has 0 spiro atoms. The molecule has 0 aromatic carbocycles. The Balaban J connectivity index is 1.98. The first-order valence-corrected chi connectivity index (χ1v) is 6.27. The highest BCUT2D eigenvalue weighted by Crippen LogP contribution is 2.30. The number of pyridine rings is 1. The minimum Gasteiger partial charge on any atom is -0.478 e. The summed E-state index contributed by atoms with van der Waals surface area (Å²) in [5, 5.41) is 12.8. The molecule has 2 N–H and O–H groups in total. The largest absolute Gasteiger partial charge is 0.478 e. The Hall–Kier alpha value is -1.62. The molecular weight excluding hydrogens is 232 g/mol. The van der Waals surface area contributed by atoms with Crippen LogP contribution in [0.4, 0.5) is 5.69 Å². The van der Waals surface area contributed by atoms with Gasteiger partial charge in [0.05, 0.1) is 18.5 Å². The maximum Gasteiger partial charge on any atom is 0.256 e. The lowest BCUT2D eigenvalue weighted by atomic mass is 10.0. The maximum absolute atomic E-state index is 11.9. The van der Waals surface area contributed by atoms with Gasteiger partial charge in [0.25, 0.3) is 5.91 Å². The first-order chi connectivity index (χ1) is 8.64. The molecule has 1 amide bonds. The number of hydrogen-bond donors (Lipinski definition) is 2. The fourth-order valence-electron chi connectivity index (χ4n) is 2.12. The second kappa shape index (κ2) is 5.35. The number of carbonyl (C=O) groups excluding carboxylic acids is 1. The van der Waals surface area contributed by atoms with Gasteiger partial charge in [-0.3, -0.25) is 4.79 Å². The topological polar surface area (TPSA) is 71.5 Å². The maximum atomic E-state index is 11.9. The Morgan fingerprint density at radius 2 is 2.22 bits per heavy atom. The van der Waals surface area contributed by atoms with Crippen LogP contribution in [0.1, 0.15) is 32.6 Å². The van der Waals surface area contributed by atoms with Crippen LogP contribution >= 0.6 is 0 Å². The molecule has 18 heavy (non-hydrogen) atoms. The summed E-state index contributed by atoms with van der Waals surface area (Å²) >= 11 is 0. The van der Waals surface area contributed by atoms with E-state index in [2.05, 4.69) is 10.3 Å². The van der Waals surface area contributed by atoms with Crippen LogP contribution in [0.2, 0.25) is 0 Å². The molecule has 1 aromatic rings. The summed E-state index contributed by atoms with van der Waals surface area (Å²) in [5.74, 6) is 0.182. The number of ether oxygens (including phenoxy) is 1. The van der Waals surface area contributed by atoms with Crippen molar-refractivity contribution in [1.29, 1.82) is 0 Å². The van der Waals surface area contributed by atoms with E-state index in [4.69, 9.17) is 4.74 Å². The van der Waals surface area contributed by atoms with Crippen molar-refractivity contribution in [3.63, 3.8) is 0 Å². The molecule has 2 rings (SSSR count). The van der Waals surface area contributed by atoms with Gasteiger partial charge in [-0.25, -0.2) is 4.98 Å². The minimum absolute atomic E-state index is 0.342. The summed E-state index contributed by atoms with van der Waals surface area (Å²) in [4.78, 5) is 16.0. The third-order valence-corrected chi connectivity index (χ3v) is 3.14. The number of aliphatic hydroxyl groups is 1. The monoisotopic (exact) mass is 250 g/mol. The van der Waals surface area contributed by atoms with Crippen molar-refractivity contribution >= 4 is 11.6 Å². The van der Waals surface area contributed by atoms with Crippen molar-refractivity contribution in [2.24, 2.45) is 0 Å². The SMILES string of the molecule is CCOc1ccc(NC(=O)C2(O)CCCC2)cn1. The second-order valence-corrected chi connectivity index (χ2v) is 4.51. The van der Waals surface area contributed by atoms with Crippen molar-refractivity contribution in [2.75, 3.05) is 11.9 Å². The molecule has 0 unspecified atom stereocenters. The summed E-state index contributed by atoms with van der Waals surface area (Å²) < 4.78 is 5.21. The summed E-state index contributed by atoms with van der Waals surface area (Å²) in [5.41, 5.74) is -0.637. The molecule has 0 radical (unpaired) electrons. The Bertz CT molecular complexity index is 411. The third-order valence-electron chi connectivity index (χ3n) is 3.14. The molecule has 1 aromatic heterocycles. The number of hydrogen-bond acceptors (Lipinski definition) is 4. The number of rotatable bonds is 4. The highest BCUT2D eigenvalue weighted by molar-refractivity contribution is 5.97. The predicted octanol–water partition coefficient (Wildman–Crippen LogP) is 1.72. The first-order valence-electron chi connectivity index (χ1n) is 6.27. The molecule has 1 fully saturated rings. The fraction of sp³-hybridized carbons (Fsp3) is 0.538. The van der Waals surface area contributed by atoms with Gasteiger partial charge in [0.2, 0.25) is 5.88 Å². The standard InChI is InChI=1S/C13H18N2O3/c1-2-18-11-6-5-10(9-14-11)15-12(16)13(17)7-3-4-8-13/h5-6,9,17H,2-4,7-8H2,1H3,(H,15,16). The van der Waals surface area contributed by atoms with Gasteiger partial charge in [-0.2, -0.15) is 0 Å². The summed E-state index contributed by atoms with van der Waals surface area (Å²) in [6, 6.07) is 3.41. The Morgan fingerprint density at radius 3 is 2.78 bits per heavy atom. The van der Waals surface area contributed by atoms with E-state index in [9.17, 15) is 9.90 Å². The van der Waals surface area contributed by atoms with Gasteiger partial charge < -0.3 is 15.2 Å². The van der Waals surface area contributed by atoms with Gasteiger partial charge in [-0.05, 0) is 38.7 Å². The molecule has 5 nitrogen and oxygen atoms in total. The predicted molar refractivity (Wildman–Crippen MR) is 67.5 cm³/mol. The van der Waals surface area contributed by atoms with Gasteiger partial charge in [0.15, 0.2) is 0 Å². The first kappa shape index (κ1) is 12.8. The van der Waals surface area contributed by atoms with E-state index in [0.717, 1.165) is 12.8 Å². The molecule has 0 aliphatic heterocycles. The van der Waals surface area contributed by atoms with Crippen molar-refractivity contribution in [2.45, 2.75) is 38.2 Å². The minimum atomic E-state index is -1.21. The zero-order valence-corrected chi connectivity index (χ0v) is 10.5. The third kappa shape index (κ3) is 2.79. The molecule has 1 heterocycles. The van der Waals surface area contributed by atoms with Crippen molar-refractivity contribution in [1.82, 2.24) is 4.98 Å². The van der Waals surface area contributed by atoms with Gasteiger partial charge in [-0.15, -0.1) is 0 Å². The van der Waals surface area contributed by atoms with E-state index in [1.54, 1.807) is 12.1 Å². The van der Waals surface area contributed by atoms with E-state index in [1.807, 2.05) is 6.92 Å². The second-order valence-electron chi connectivity index (χ2n) is 4.51. The number of anilines is 1. The quantitative estimate of drug-likeness (QED) is 0.853. The average Bonchev–Trinajstić information content (AvgIpc) is 2.80. The van der Waals surface area contributed by atoms with Gasteiger partial charge >= 0.3 is 0 Å². The molecule has 98 valence electrons. The summed E-state index contributed by atoms with van der Waals surface area (Å²) in [6.45, 7) is 2.44. The zero-order valence-electron chi connectivity index (χ0n) is 10.5. The highest BCUT2D eigenvalue weighted by atomic mass is 16.5. The van der Waals surface area contributed by atoms with Crippen LogP contribution in [0.3, 0.4) is 0 Å². The van der Waals surface area contributed by atoms with Gasteiger partial charge in [0, 0.05) is 6.07 Å². The summed E-state index contributed by atoms with van der Waals surface area (Å²) in [6.07, 6.45) is 4.38. The van der Waals surface area contributed by atoms with E-state index in [-0.39, 0.29) is 5.91 Å². The van der Waals surface area contributed by atoms with Crippen LogP contribution in [-0.2, 0) is 4.79 Å². The molecule has 1 saturated carbocycles. The van der Waals surface area contributed by atoms with Crippen LogP contribution in [0.15, 0.2) is 18.3 Å². The van der Waals surface area contributed by atoms with Crippen LogP contribution in [0, 0.1) is 0 Å². The van der Waals surface area contributed by atoms with Crippen molar-refractivity contribution in [3.05, 3.63) is 18.3 Å². The molecule has 0 atom stereocenters. The van der Waals surface area contributed by atoms with Gasteiger partial charge in [0.1, 0.15) is 5.60 Å². The molecule has 1 aliphatic carbocycles. The molecular formula is C13H18N2O3. The number of amides is 1. The normalized spacial score (nSPS) is 17.4. The average molecular weight is 250 g/mol. The Kier molecular flexibility index (Phi) is 3.81. The molecule has 5 heteroatoms. The van der Waals surface area contributed by atoms with Crippen LogP contribution in [0.25, 0.3) is 0 Å². The lowest BCUT2D eigenvalue weighted by molar-refractivity contribution is -0.133. The number of carbonyl (C=O) groups is 1. The number of nitrogens with zero attached hydrogens (tertiary/aromatic N) is 1. The van der Waals surface area contributed by atoms with Crippen molar-refractivity contribution in [3.8, 4) is 5.88 Å². The van der Waals surface area contributed by atoms with E-state index in [0.29, 0.717) is 31.0 Å². The van der Waals surface area contributed by atoms with Crippen LogP contribution in [-0.4, -0.2) is 28.2 Å².